The summed E-state index contributed by atoms with van der Waals surface area (Å²) in [6.45, 7) is 3.66. The average molecular weight is 223 g/mol. The largest absolute Gasteiger partial charge is 0.481 e. The van der Waals surface area contributed by atoms with Crippen molar-refractivity contribution in [2.75, 3.05) is 6.16 Å². The first-order chi connectivity index (χ1) is 6.31. The van der Waals surface area contributed by atoms with Gasteiger partial charge < -0.3 is 15.7 Å². The summed E-state index contributed by atoms with van der Waals surface area (Å²) in [4.78, 5) is 19.7. The van der Waals surface area contributed by atoms with E-state index in [2.05, 4.69) is 0 Å². The second-order valence-corrected chi connectivity index (χ2v) is 6.05. The summed E-state index contributed by atoms with van der Waals surface area (Å²) in [5.74, 6) is -1.96. The van der Waals surface area contributed by atoms with Gasteiger partial charge in [-0.2, -0.15) is 0 Å². The van der Waals surface area contributed by atoms with Crippen molar-refractivity contribution >= 4 is 13.3 Å². The minimum absolute atomic E-state index is 0.0698. The van der Waals surface area contributed by atoms with E-state index < -0.39 is 19.1 Å². The number of nitrogens with two attached hydrogens (primary N) is 1. The summed E-state index contributed by atoms with van der Waals surface area (Å²) in [6.07, 6.45) is 0.157. The standard InChI is InChI=1S/C8H18NO4P/c1-3-6(2)8(9)14(12,13)5-4-7(10)11/h6,8H,3-5,9H2,1-2H3,(H,10,11)(H,12,13). The van der Waals surface area contributed by atoms with Gasteiger partial charge in [-0.25, -0.2) is 0 Å². The van der Waals surface area contributed by atoms with Crippen LogP contribution in [0, 0.1) is 5.92 Å². The van der Waals surface area contributed by atoms with E-state index in [9.17, 15) is 14.3 Å². The van der Waals surface area contributed by atoms with Crippen molar-refractivity contribution in [3.05, 3.63) is 0 Å². The van der Waals surface area contributed by atoms with E-state index in [4.69, 9.17) is 10.8 Å². The normalized spacial score (nSPS) is 19.7. The smallest absolute Gasteiger partial charge is 0.303 e. The van der Waals surface area contributed by atoms with Gasteiger partial charge in [-0.05, 0) is 5.92 Å². The number of carboxylic acid groups (broad SMARTS) is 1. The molecule has 3 atom stereocenters. The van der Waals surface area contributed by atoms with Crippen molar-refractivity contribution in [2.45, 2.75) is 32.5 Å². The molecule has 0 aliphatic carbocycles. The zero-order valence-electron chi connectivity index (χ0n) is 8.51. The molecule has 3 unspecified atom stereocenters. The molecule has 0 rings (SSSR count). The molecule has 84 valence electrons. The van der Waals surface area contributed by atoms with E-state index in [1.165, 1.54) is 0 Å². The van der Waals surface area contributed by atoms with Gasteiger partial charge in [0.05, 0.1) is 12.2 Å². The second kappa shape index (κ2) is 5.49. The quantitative estimate of drug-likeness (QED) is 0.584. The molecule has 0 aliphatic rings. The highest BCUT2D eigenvalue weighted by atomic mass is 31.2. The van der Waals surface area contributed by atoms with Gasteiger partial charge in [-0.15, -0.1) is 0 Å². The lowest BCUT2D eigenvalue weighted by atomic mass is 10.1. The summed E-state index contributed by atoms with van der Waals surface area (Å²) in [6, 6.07) is 0. The highest BCUT2D eigenvalue weighted by molar-refractivity contribution is 7.58. The SMILES string of the molecule is CCC(C)C(N)P(=O)(O)CCC(=O)O. The van der Waals surface area contributed by atoms with E-state index in [1.807, 2.05) is 6.92 Å². The summed E-state index contributed by atoms with van der Waals surface area (Å²) in [7, 11) is -3.51. The Bertz CT molecular complexity index is 243. The highest BCUT2D eigenvalue weighted by Gasteiger charge is 2.31. The molecule has 6 heteroatoms. The second-order valence-electron chi connectivity index (χ2n) is 3.50. The molecule has 0 aromatic carbocycles. The highest BCUT2D eigenvalue weighted by Crippen LogP contribution is 2.47. The van der Waals surface area contributed by atoms with E-state index in [-0.39, 0.29) is 18.5 Å². The van der Waals surface area contributed by atoms with Gasteiger partial charge in [-0.3, -0.25) is 9.36 Å². The van der Waals surface area contributed by atoms with Crippen molar-refractivity contribution in [1.29, 1.82) is 0 Å². The molecule has 5 nitrogen and oxygen atoms in total. The van der Waals surface area contributed by atoms with Crippen LogP contribution in [0.3, 0.4) is 0 Å². The van der Waals surface area contributed by atoms with Crippen LogP contribution in [-0.4, -0.2) is 27.9 Å². The van der Waals surface area contributed by atoms with E-state index in [1.54, 1.807) is 6.92 Å². The maximum atomic E-state index is 11.6. The lowest BCUT2D eigenvalue weighted by Gasteiger charge is -2.23. The molecule has 0 amide bonds. The van der Waals surface area contributed by atoms with Gasteiger partial charge in [-0.1, -0.05) is 20.3 Å². The Labute approximate surface area is 83.8 Å². The molecule has 0 aromatic heterocycles. The Hall–Kier alpha value is -0.380. The lowest BCUT2D eigenvalue weighted by Crippen LogP contribution is -2.29. The molecule has 0 aromatic rings. The van der Waals surface area contributed by atoms with E-state index in [0.717, 1.165) is 0 Å². The van der Waals surface area contributed by atoms with Gasteiger partial charge in [0, 0.05) is 6.16 Å². The molecule has 14 heavy (non-hydrogen) atoms. The topological polar surface area (TPSA) is 101 Å². The molecule has 0 saturated heterocycles. The monoisotopic (exact) mass is 223 g/mol. The molecule has 0 heterocycles. The zero-order valence-corrected chi connectivity index (χ0v) is 9.41. The Morgan fingerprint density at radius 3 is 2.43 bits per heavy atom. The van der Waals surface area contributed by atoms with Crippen LogP contribution in [0.5, 0.6) is 0 Å². The van der Waals surface area contributed by atoms with Crippen LogP contribution in [0.15, 0.2) is 0 Å². The molecule has 0 aliphatic heterocycles. The molecular weight excluding hydrogens is 205 g/mol. The third-order valence-corrected chi connectivity index (χ3v) is 4.64. The Morgan fingerprint density at radius 2 is 2.07 bits per heavy atom. The van der Waals surface area contributed by atoms with Gasteiger partial charge in [0.2, 0.25) is 7.37 Å². The Morgan fingerprint density at radius 1 is 1.57 bits per heavy atom. The molecule has 0 saturated carbocycles. The van der Waals surface area contributed by atoms with E-state index >= 15 is 0 Å². The summed E-state index contributed by atoms with van der Waals surface area (Å²) < 4.78 is 11.6. The predicted octanol–water partition coefficient (Wildman–Crippen LogP) is 1.06. The Balaban J connectivity index is 4.30. The fraction of sp³-hybridized carbons (Fsp3) is 0.875. The van der Waals surface area contributed by atoms with Crippen LogP contribution >= 0.6 is 7.37 Å². The van der Waals surface area contributed by atoms with Crippen molar-refractivity contribution < 1.29 is 19.4 Å². The predicted molar refractivity (Wildman–Crippen MR) is 54.4 cm³/mol. The lowest BCUT2D eigenvalue weighted by molar-refractivity contribution is -0.136. The maximum Gasteiger partial charge on any atom is 0.303 e. The first kappa shape index (κ1) is 13.6. The third kappa shape index (κ3) is 4.22. The maximum absolute atomic E-state index is 11.6. The number of carbonyl (C=O) groups is 1. The van der Waals surface area contributed by atoms with Crippen molar-refractivity contribution in [3.8, 4) is 0 Å². The van der Waals surface area contributed by atoms with Crippen molar-refractivity contribution in [1.82, 2.24) is 0 Å². The average Bonchev–Trinajstić information content (AvgIpc) is 2.12. The van der Waals surface area contributed by atoms with Crippen LogP contribution in [0.25, 0.3) is 0 Å². The third-order valence-electron chi connectivity index (χ3n) is 2.34. The van der Waals surface area contributed by atoms with Crippen molar-refractivity contribution in [3.63, 3.8) is 0 Å². The van der Waals surface area contributed by atoms with Crippen molar-refractivity contribution in [2.24, 2.45) is 11.7 Å². The molecule has 0 radical (unpaired) electrons. The van der Waals surface area contributed by atoms with E-state index in [0.29, 0.717) is 6.42 Å². The number of carboxylic acids is 1. The van der Waals surface area contributed by atoms with Crippen LogP contribution in [-0.2, 0) is 9.36 Å². The number of aliphatic carboxylic acids is 1. The molecule has 4 N–H and O–H groups in total. The van der Waals surface area contributed by atoms with Gasteiger partial charge in [0.15, 0.2) is 0 Å². The fourth-order valence-electron chi connectivity index (χ4n) is 1.04. The summed E-state index contributed by atoms with van der Waals surface area (Å²) in [5.41, 5.74) is 5.59. The molecular formula is C8H18NO4P. The minimum atomic E-state index is -3.51. The van der Waals surface area contributed by atoms with Gasteiger partial charge in [0.1, 0.15) is 0 Å². The molecule has 0 spiro atoms. The zero-order chi connectivity index (χ0) is 11.4. The number of hydrogen-bond acceptors (Lipinski definition) is 3. The minimum Gasteiger partial charge on any atom is -0.481 e. The fourth-order valence-corrected chi connectivity index (χ4v) is 2.86. The number of rotatable bonds is 6. The first-order valence-corrected chi connectivity index (χ1v) is 6.51. The first-order valence-electron chi connectivity index (χ1n) is 4.60. The van der Waals surface area contributed by atoms with Crippen LogP contribution < -0.4 is 5.73 Å². The van der Waals surface area contributed by atoms with Gasteiger partial charge >= 0.3 is 5.97 Å². The van der Waals surface area contributed by atoms with Crippen LogP contribution in [0.2, 0.25) is 0 Å². The van der Waals surface area contributed by atoms with Crippen LogP contribution in [0.1, 0.15) is 26.7 Å². The molecule has 0 bridgehead atoms. The number of hydrogen-bond donors (Lipinski definition) is 3. The van der Waals surface area contributed by atoms with Gasteiger partial charge in [0.25, 0.3) is 0 Å². The molecule has 0 fully saturated rings. The Kier molecular flexibility index (Phi) is 5.34. The summed E-state index contributed by atoms with van der Waals surface area (Å²) >= 11 is 0. The van der Waals surface area contributed by atoms with Crippen LogP contribution in [0.4, 0.5) is 0 Å². The summed E-state index contributed by atoms with van der Waals surface area (Å²) in [5, 5.41) is 8.38.